The first kappa shape index (κ1) is 13.5. The number of imidazole rings is 1. The minimum absolute atomic E-state index is 0.170. The van der Waals surface area contributed by atoms with Crippen LogP contribution >= 0.6 is 34.2 Å². The van der Waals surface area contributed by atoms with Crippen LogP contribution in [0.25, 0.3) is 11.0 Å². The summed E-state index contributed by atoms with van der Waals surface area (Å²) in [4.78, 5) is 15.1. The Bertz CT molecular complexity index is 614. The zero-order chi connectivity index (χ0) is 13.3. The van der Waals surface area contributed by atoms with Gasteiger partial charge in [0.15, 0.2) is 0 Å². The molecular weight excluding hydrogens is 371 g/mol. The third kappa shape index (κ3) is 2.59. The molecule has 7 heteroatoms. The molecule has 0 unspecified atom stereocenters. The zero-order valence-electron chi connectivity index (χ0n) is 9.29. The molecule has 0 aliphatic heterocycles. The van der Waals surface area contributed by atoms with E-state index in [1.54, 1.807) is 10.6 Å². The molecule has 2 N–H and O–H groups in total. The predicted octanol–water partition coefficient (Wildman–Crippen LogP) is 2.39. The Balaban J connectivity index is 2.53. The second-order valence-corrected chi connectivity index (χ2v) is 5.21. The van der Waals surface area contributed by atoms with Gasteiger partial charge in [0.05, 0.1) is 20.5 Å². The summed E-state index contributed by atoms with van der Waals surface area (Å²) in [6.07, 6.45) is 0.170. The van der Waals surface area contributed by atoms with Crippen molar-refractivity contribution in [3.8, 4) is 0 Å². The van der Waals surface area contributed by atoms with E-state index < -0.39 is 5.91 Å². The van der Waals surface area contributed by atoms with Gasteiger partial charge in [0.25, 0.3) is 0 Å². The standard InChI is InChI=1S/C11H10ClFIN3O/c12-5-11-16-8-4-7(14)6(13)3-9(8)17(11)2-1-10(15)18/h3-4H,1-2,5H2,(H2,15,18). The van der Waals surface area contributed by atoms with Crippen LogP contribution in [-0.4, -0.2) is 15.5 Å². The fourth-order valence-electron chi connectivity index (χ4n) is 1.74. The van der Waals surface area contributed by atoms with Crippen molar-refractivity contribution in [2.24, 2.45) is 5.73 Å². The molecule has 0 spiro atoms. The van der Waals surface area contributed by atoms with Crippen molar-refractivity contribution in [1.82, 2.24) is 9.55 Å². The van der Waals surface area contributed by atoms with Crippen LogP contribution in [0.15, 0.2) is 12.1 Å². The van der Waals surface area contributed by atoms with Gasteiger partial charge in [-0.15, -0.1) is 11.6 Å². The molecule has 1 amide bonds. The Hall–Kier alpha value is -0.890. The third-order valence-electron chi connectivity index (χ3n) is 2.57. The summed E-state index contributed by atoms with van der Waals surface area (Å²) in [5, 5.41) is 0. The van der Waals surface area contributed by atoms with Gasteiger partial charge in [-0.1, -0.05) is 0 Å². The Morgan fingerprint density at radius 1 is 1.56 bits per heavy atom. The van der Waals surface area contributed by atoms with Crippen molar-refractivity contribution in [2.45, 2.75) is 18.8 Å². The highest BCUT2D eigenvalue weighted by molar-refractivity contribution is 14.1. The van der Waals surface area contributed by atoms with Gasteiger partial charge >= 0.3 is 0 Å². The number of fused-ring (bicyclic) bond motifs is 1. The van der Waals surface area contributed by atoms with Crippen molar-refractivity contribution in [3.63, 3.8) is 0 Å². The number of benzene rings is 1. The molecule has 2 rings (SSSR count). The summed E-state index contributed by atoms with van der Waals surface area (Å²) in [5.74, 6) is 0.0770. The van der Waals surface area contributed by atoms with E-state index in [9.17, 15) is 9.18 Å². The van der Waals surface area contributed by atoms with E-state index in [0.717, 1.165) is 0 Å². The topological polar surface area (TPSA) is 60.9 Å². The largest absolute Gasteiger partial charge is 0.370 e. The Kier molecular flexibility index (Phi) is 4.06. The summed E-state index contributed by atoms with van der Waals surface area (Å²) < 4.78 is 15.8. The highest BCUT2D eigenvalue weighted by atomic mass is 127. The number of primary amides is 1. The molecule has 1 aromatic heterocycles. The van der Waals surface area contributed by atoms with Gasteiger partial charge < -0.3 is 10.3 Å². The lowest BCUT2D eigenvalue weighted by Gasteiger charge is -2.06. The summed E-state index contributed by atoms with van der Waals surface area (Å²) in [7, 11) is 0. The van der Waals surface area contributed by atoms with Crippen molar-refractivity contribution in [3.05, 3.63) is 27.3 Å². The lowest BCUT2D eigenvalue weighted by molar-refractivity contribution is -0.118. The Morgan fingerprint density at radius 3 is 2.89 bits per heavy atom. The molecule has 1 heterocycles. The second kappa shape index (κ2) is 5.40. The van der Waals surface area contributed by atoms with Crippen LogP contribution in [0.4, 0.5) is 4.39 Å². The van der Waals surface area contributed by atoms with E-state index in [-0.39, 0.29) is 18.1 Å². The number of aromatic nitrogens is 2. The van der Waals surface area contributed by atoms with Crippen LogP contribution in [-0.2, 0) is 17.2 Å². The molecule has 18 heavy (non-hydrogen) atoms. The number of rotatable bonds is 4. The molecule has 4 nitrogen and oxygen atoms in total. The number of nitrogens with zero attached hydrogens (tertiary/aromatic N) is 2. The average Bonchev–Trinajstić information content (AvgIpc) is 2.64. The van der Waals surface area contributed by atoms with E-state index >= 15 is 0 Å². The van der Waals surface area contributed by atoms with Crippen LogP contribution in [0.3, 0.4) is 0 Å². The summed E-state index contributed by atoms with van der Waals surface area (Å²) in [5.41, 5.74) is 6.41. The molecule has 0 bridgehead atoms. The van der Waals surface area contributed by atoms with Crippen molar-refractivity contribution in [1.29, 1.82) is 0 Å². The maximum atomic E-state index is 13.6. The molecule has 96 valence electrons. The normalized spacial score (nSPS) is 11.1. The molecular formula is C11H10ClFIN3O. The Labute approximate surface area is 121 Å². The molecule has 0 saturated carbocycles. The zero-order valence-corrected chi connectivity index (χ0v) is 12.2. The fraction of sp³-hybridized carbons (Fsp3) is 0.273. The molecule has 1 aromatic carbocycles. The number of carbonyl (C=O) groups excluding carboxylic acids is 1. The quantitative estimate of drug-likeness (QED) is 0.653. The summed E-state index contributed by atoms with van der Waals surface area (Å²) >= 11 is 7.71. The Morgan fingerprint density at radius 2 is 2.28 bits per heavy atom. The van der Waals surface area contributed by atoms with Crippen LogP contribution in [0.2, 0.25) is 0 Å². The minimum atomic E-state index is -0.414. The predicted molar refractivity (Wildman–Crippen MR) is 75.8 cm³/mol. The number of halogens is 3. The summed E-state index contributed by atoms with van der Waals surface area (Å²) in [6, 6.07) is 3.06. The third-order valence-corrected chi connectivity index (χ3v) is 3.64. The number of aryl methyl sites for hydroxylation is 1. The first-order valence-corrected chi connectivity index (χ1v) is 6.82. The van der Waals surface area contributed by atoms with E-state index in [1.807, 2.05) is 22.6 Å². The number of alkyl halides is 1. The summed E-state index contributed by atoms with van der Waals surface area (Å²) in [6.45, 7) is 0.355. The highest BCUT2D eigenvalue weighted by Crippen LogP contribution is 2.23. The van der Waals surface area contributed by atoms with E-state index in [1.165, 1.54) is 6.07 Å². The van der Waals surface area contributed by atoms with Gasteiger partial charge in [0, 0.05) is 19.0 Å². The lowest BCUT2D eigenvalue weighted by Crippen LogP contribution is -2.14. The van der Waals surface area contributed by atoms with Gasteiger partial charge in [-0.25, -0.2) is 9.37 Å². The maximum absolute atomic E-state index is 13.6. The molecule has 0 atom stereocenters. The molecule has 0 saturated heterocycles. The number of amides is 1. The smallest absolute Gasteiger partial charge is 0.219 e. The maximum Gasteiger partial charge on any atom is 0.219 e. The number of carbonyl (C=O) groups is 1. The fourth-order valence-corrected chi connectivity index (χ4v) is 2.40. The molecule has 0 aliphatic carbocycles. The van der Waals surface area contributed by atoms with Crippen LogP contribution in [0, 0.1) is 9.39 Å². The molecule has 0 radical (unpaired) electrons. The minimum Gasteiger partial charge on any atom is -0.370 e. The lowest BCUT2D eigenvalue weighted by atomic mass is 10.3. The molecule has 0 aliphatic rings. The van der Waals surface area contributed by atoms with Crippen LogP contribution < -0.4 is 5.73 Å². The monoisotopic (exact) mass is 381 g/mol. The average molecular weight is 382 g/mol. The van der Waals surface area contributed by atoms with Crippen molar-refractivity contribution >= 4 is 51.1 Å². The van der Waals surface area contributed by atoms with Gasteiger partial charge in [-0.2, -0.15) is 0 Å². The van der Waals surface area contributed by atoms with Gasteiger partial charge in [0.1, 0.15) is 11.6 Å². The first-order valence-electron chi connectivity index (χ1n) is 5.21. The van der Waals surface area contributed by atoms with Gasteiger partial charge in [-0.3, -0.25) is 4.79 Å². The SMILES string of the molecule is NC(=O)CCn1c(CCl)nc2cc(I)c(F)cc21. The van der Waals surface area contributed by atoms with Crippen LogP contribution in [0.1, 0.15) is 12.2 Å². The number of hydrogen-bond acceptors (Lipinski definition) is 2. The van der Waals surface area contributed by atoms with E-state index in [2.05, 4.69) is 4.98 Å². The van der Waals surface area contributed by atoms with Crippen molar-refractivity contribution < 1.29 is 9.18 Å². The second-order valence-electron chi connectivity index (χ2n) is 3.78. The first-order chi connectivity index (χ1) is 8.52. The van der Waals surface area contributed by atoms with Crippen LogP contribution in [0.5, 0.6) is 0 Å². The number of hydrogen-bond donors (Lipinski definition) is 1. The highest BCUT2D eigenvalue weighted by Gasteiger charge is 2.13. The van der Waals surface area contributed by atoms with Crippen molar-refractivity contribution in [2.75, 3.05) is 0 Å². The molecule has 2 aromatic rings. The van der Waals surface area contributed by atoms with Gasteiger partial charge in [-0.05, 0) is 28.7 Å². The van der Waals surface area contributed by atoms with E-state index in [0.29, 0.717) is 27.0 Å². The molecule has 0 fully saturated rings. The number of nitrogens with two attached hydrogens (primary N) is 1. The van der Waals surface area contributed by atoms with E-state index in [4.69, 9.17) is 17.3 Å². The van der Waals surface area contributed by atoms with Gasteiger partial charge in [0.2, 0.25) is 5.91 Å².